The van der Waals surface area contributed by atoms with Gasteiger partial charge >= 0.3 is 0 Å². The maximum atomic E-state index is 13.4. The molecule has 0 aliphatic heterocycles. The quantitative estimate of drug-likeness (QED) is 0.0426. The van der Waals surface area contributed by atoms with Gasteiger partial charge in [-0.3, -0.25) is 28.8 Å². The zero-order chi connectivity index (χ0) is 46.0. The molecule has 0 radical (unpaired) electrons. The molecule has 4 amide bonds. The van der Waals surface area contributed by atoms with Crippen LogP contribution in [0.1, 0.15) is 34.6 Å². The number of alkyl halides is 1. The van der Waals surface area contributed by atoms with Crippen molar-refractivity contribution in [1.82, 2.24) is 0 Å². The highest BCUT2D eigenvalue weighted by molar-refractivity contribution is 6.38. The van der Waals surface area contributed by atoms with Gasteiger partial charge in [0.25, 0.3) is 23.6 Å². The molecule has 0 bridgehead atoms. The van der Waals surface area contributed by atoms with E-state index in [1.807, 2.05) is 0 Å². The normalized spacial score (nSPS) is 12.1. The van der Waals surface area contributed by atoms with E-state index in [9.17, 15) is 28.8 Å². The first-order valence-corrected chi connectivity index (χ1v) is 20.6. The van der Waals surface area contributed by atoms with Crippen molar-refractivity contribution in [1.29, 1.82) is 0 Å². The van der Waals surface area contributed by atoms with E-state index in [0.717, 1.165) is 13.8 Å². The number of nitrogens with one attached hydrogen (secondary N) is 4. The van der Waals surface area contributed by atoms with Crippen molar-refractivity contribution in [3.8, 4) is 5.75 Å². The van der Waals surface area contributed by atoms with E-state index in [0.29, 0.717) is 10.0 Å². The van der Waals surface area contributed by atoms with E-state index in [2.05, 4.69) is 41.7 Å². The van der Waals surface area contributed by atoms with E-state index in [-0.39, 0.29) is 71.1 Å². The van der Waals surface area contributed by atoms with Gasteiger partial charge in [0.2, 0.25) is 12.1 Å². The molecule has 22 heteroatoms. The van der Waals surface area contributed by atoms with Gasteiger partial charge in [-0.2, -0.15) is 20.5 Å². The summed E-state index contributed by atoms with van der Waals surface area (Å²) in [6, 6.07) is 17.4. The Hall–Kier alpha value is -5.65. The summed E-state index contributed by atoms with van der Waals surface area (Å²) in [5.74, 6) is -4.43. The Labute approximate surface area is 393 Å². The van der Waals surface area contributed by atoms with Crippen molar-refractivity contribution in [3.05, 3.63) is 132 Å². The van der Waals surface area contributed by atoms with Gasteiger partial charge in [0.1, 0.15) is 5.75 Å². The predicted molar refractivity (Wildman–Crippen MR) is 245 cm³/mol. The number of amides is 4. The Balaban J connectivity index is 1.28. The summed E-state index contributed by atoms with van der Waals surface area (Å²) in [6.45, 7) is 2.25. The number of ether oxygens (including phenoxy) is 1. The minimum Gasteiger partial charge on any atom is -0.476 e. The molecule has 5 aromatic carbocycles. The van der Waals surface area contributed by atoms with Gasteiger partial charge in [-0.25, -0.2) is 0 Å². The monoisotopic (exact) mass is 990 g/mol. The molecule has 4 N–H and O–H groups in total. The van der Waals surface area contributed by atoms with Crippen LogP contribution in [0.3, 0.4) is 0 Å². The molecule has 5 aromatic rings. The van der Waals surface area contributed by atoms with Gasteiger partial charge in [-0.05, 0) is 98.8 Å². The van der Waals surface area contributed by atoms with Crippen LogP contribution in [-0.2, 0) is 19.2 Å². The fourth-order valence-electron chi connectivity index (χ4n) is 5.28. The summed E-state index contributed by atoms with van der Waals surface area (Å²) in [4.78, 5) is 77.8. The van der Waals surface area contributed by atoms with Crippen LogP contribution in [0.25, 0.3) is 0 Å². The SMILES string of the molecule is CC(=O)C(N=Nc1cc(Cl)cc(C(=O)Nc2ccc(Cl)cc2Cl)c1)C(=O)Nc1ccc(NC(=O)C(N=Nc2cc(Cl)cc(C(=O)Nc3ccc(Cl)cc3Cl)c2)C(C)=O)c(OCCl)c1. The number of anilines is 4. The minimum atomic E-state index is -1.68. The number of nitrogens with zero attached hydrogens (tertiary/aromatic N) is 4. The predicted octanol–water partition coefficient (Wildman–Crippen LogP) is 12.0. The van der Waals surface area contributed by atoms with Gasteiger partial charge in [0, 0.05) is 43.0 Å². The number of hydrogen-bond acceptors (Lipinski definition) is 11. The highest BCUT2D eigenvalue weighted by atomic mass is 35.5. The molecule has 2 unspecified atom stereocenters. The van der Waals surface area contributed by atoms with Gasteiger partial charge in [0.05, 0.1) is 38.5 Å². The summed E-state index contributed by atoms with van der Waals surface area (Å²) < 4.78 is 5.46. The molecule has 0 saturated heterocycles. The molecule has 0 aromatic heterocycles. The van der Waals surface area contributed by atoms with Gasteiger partial charge in [-0.1, -0.05) is 81.2 Å². The van der Waals surface area contributed by atoms with Gasteiger partial charge in [-0.15, -0.1) is 0 Å². The average Bonchev–Trinajstić information content (AvgIpc) is 3.20. The van der Waals surface area contributed by atoms with Gasteiger partial charge < -0.3 is 26.0 Å². The zero-order valence-electron chi connectivity index (χ0n) is 32.3. The molecule has 5 rings (SSSR count). The molecule has 0 heterocycles. The Morgan fingerprint density at radius 2 is 0.968 bits per heavy atom. The van der Waals surface area contributed by atoms with Crippen LogP contribution in [0.15, 0.2) is 111 Å². The van der Waals surface area contributed by atoms with Crippen LogP contribution in [0, 0.1) is 0 Å². The first kappa shape index (κ1) is 48.4. The van der Waals surface area contributed by atoms with E-state index < -0.39 is 53.3 Å². The van der Waals surface area contributed by atoms with Crippen LogP contribution in [0.2, 0.25) is 30.1 Å². The third-order valence-electron chi connectivity index (χ3n) is 8.21. The maximum absolute atomic E-state index is 13.4. The summed E-state index contributed by atoms with van der Waals surface area (Å²) in [5.41, 5.74) is 0.916. The van der Waals surface area contributed by atoms with E-state index >= 15 is 0 Å². The van der Waals surface area contributed by atoms with Crippen LogP contribution < -0.4 is 26.0 Å². The third-order valence-corrected chi connectivity index (χ3v) is 9.85. The molecule has 63 heavy (non-hydrogen) atoms. The highest BCUT2D eigenvalue weighted by Crippen LogP contribution is 2.32. The molecule has 15 nitrogen and oxygen atoms in total. The smallest absolute Gasteiger partial charge is 0.258 e. The lowest BCUT2D eigenvalue weighted by atomic mass is 10.1. The Morgan fingerprint density at radius 1 is 0.524 bits per heavy atom. The fourth-order valence-corrected chi connectivity index (χ4v) is 6.76. The highest BCUT2D eigenvalue weighted by Gasteiger charge is 2.26. The van der Waals surface area contributed by atoms with Crippen molar-refractivity contribution < 1.29 is 33.5 Å². The van der Waals surface area contributed by atoms with E-state index in [4.69, 9.17) is 85.9 Å². The number of halogens is 7. The van der Waals surface area contributed by atoms with Crippen LogP contribution in [-0.4, -0.2) is 53.3 Å². The largest absolute Gasteiger partial charge is 0.476 e. The number of benzene rings is 5. The molecule has 0 saturated carbocycles. The summed E-state index contributed by atoms with van der Waals surface area (Å²) >= 11 is 42.5. The Bertz CT molecular complexity index is 2700. The standard InChI is InChI=1S/C41H29Cl7N8O7/c1-19(57)36(55-53-28-11-21(9-25(45)13-28)38(59)50-32-6-3-23(43)15-30(32)47)40(61)49-27-5-8-34(35(17-27)63-18-42)52-41(62)37(20(2)58)56-54-29-12-22(10-26(46)14-29)39(60)51-33-7-4-24(44)16-31(33)48/h3-17,36-37H,18H2,1-2H3,(H,49,61)(H,50,59)(H,51,60)(H,52,62). The lowest BCUT2D eigenvalue weighted by molar-refractivity contribution is -0.127. The molecule has 324 valence electrons. The second-order valence-corrected chi connectivity index (χ2v) is 15.7. The number of carbonyl (C=O) groups is 6. The van der Waals surface area contributed by atoms with Crippen molar-refractivity contribution in [2.75, 3.05) is 27.3 Å². The summed E-state index contributed by atoms with van der Waals surface area (Å²) in [6.07, 6.45) is 0. The van der Waals surface area contributed by atoms with Crippen molar-refractivity contribution in [2.24, 2.45) is 20.5 Å². The number of carbonyl (C=O) groups excluding carboxylic acids is 6. The van der Waals surface area contributed by atoms with Crippen LogP contribution in [0.5, 0.6) is 5.75 Å². The fraction of sp³-hybridized carbons (Fsp3) is 0.122. The first-order valence-electron chi connectivity index (χ1n) is 17.8. The van der Waals surface area contributed by atoms with Crippen LogP contribution in [0.4, 0.5) is 34.1 Å². The number of azo groups is 2. The van der Waals surface area contributed by atoms with Crippen LogP contribution >= 0.6 is 81.2 Å². The van der Waals surface area contributed by atoms with Crippen molar-refractivity contribution in [2.45, 2.75) is 25.9 Å². The lowest BCUT2D eigenvalue weighted by Gasteiger charge is -2.15. The van der Waals surface area contributed by atoms with Crippen molar-refractivity contribution in [3.63, 3.8) is 0 Å². The molecule has 2 atom stereocenters. The Kier molecular flexibility index (Phi) is 17.0. The van der Waals surface area contributed by atoms with E-state index in [1.54, 1.807) is 12.1 Å². The molecular weight excluding hydrogens is 965 g/mol. The lowest BCUT2D eigenvalue weighted by Crippen LogP contribution is -2.32. The summed E-state index contributed by atoms with van der Waals surface area (Å²) in [5, 5.41) is 27.5. The minimum absolute atomic E-state index is 0.0182. The van der Waals surface area contributed by atoms with Crippen molar-refractivity contribution >= 4 is 151 Å². The molecule has 0 fully saturated rings. The zero-order valence-corrected chi connectivity index (χ0v) is 37.6. The van der Waals surface area contributed by atoms with E-state index in [1.165, 1.54) is 78.9 Å². The molecular formula is C41H29Cl7N8O7. The second-order valence-electron chi connectivity index (χ2n) is 13.0. The second kappa shape index (κ2) is 22.1. The number of Topliss-reactive ketones (excluding diaryl/α,β-unsaturated/α-hetero) is 2. The van der Waals surface area contributed by atoms with Gasteiger partial charge in [0.15, 0.2) is 17.6 Å². The molecule has 0 spiro atoms. The number of rotatable bonds is 16. The molecule has 0 aliphatic rings. The molecule has 0 aliphatic carbocycles. The number of hydrogen-bond donors (Lipinski definition) is 4. The number of ketones is 2. The first-order chi connectivity index (χ1) is 29.9. The average molecular weight is 994 g/mol. The summed E-state index contributed by atoms with van der Waals surface area (Å²) in [7, 11) is 0. The maximum Gasteiger partial charge on any atom is 0.258 e. The third kappa shape index (κ3) is 13.7. The Morgan fingerprint density at radius 3 is 1.40 bits per heavy atom. The topological polar surface area (TPSA) is 209 Å².